The highest BCUT2D eigenvalue weighted by Gasteiger charge is 2.44. The van der Waals surface area contributed by atoms with Crippen LogP contribution in [0.15, 0.2) is 18.2 Å². The zero-order valence-electron chi connectivity index (χ0n) is 14.0. The van der Waals surface area contributed by atoms with Crippen LogP contribution in [0.2, 0.25) is 10.0 Å². The van der Waals surface area contributed by atoms with E-state index in [0.717, 1.165) is 5.56 Å². The number of ether oxygens (including phenoxy) is 1. The van der Waals surface area contributed by atoms with Crippen molar-refractivity contribution in [3.05, 3.63) is 33.8 Å². The highest BCUT2D eigenvalue weighted by atomic mass is 35.5. The molecule has 0 saturated carbocycles. The fraction of sp³-hybridized carbons (Fsp3) is 0.529. The monoisotopic (exact) mass is 404 g/mol. The number of carbonyl (C=O) groups is 2. The van der Waals surface area contributed by atoms with E-state index in [1.54, 1.807) is 17.0 Å². The topological polar surface area (TPSA) is 72.6 Å². The molecule has 0 aliphatic carbocycles. The van der Waals surface area contributed by atoms with E-state index in [1.807, 2.05) is 6.07 Å². The van der Waals surface area contributed by atoms with E-state index in [4.69, 9.17) is 33.7 Å². The van der Waals surface area contributed by atoms with Gasteiger partial charge >= 0.3 is 5.97 Å². The minimum Gasteiger partial charge on any atom is -0.469 e. The van der Waals surface area contributed by atoms with Gasteiger partial charge in [-0.05, 0) is 37.0 Å². The Hall–Kier alpha value is -0.950. The van der Waals surface area contributed by atoms with Gasteiger partial charge in [-0.25, -0.2) is 0 Å². The number of rotatable bonds is 5. The number of esters is 1. The molecule has 0 radical (unpaired) electrons. The van der Waals surface area contributed by atoms with Crippen LogP contribution in [0.1, 0.15) is 18.4 Å². The van der Waals surface area contributed by atoms with Crippen LogP contribution in [0, 0.1) is 5.41 Å². The summed E-state index contributed by atoms with van der Waals surface area (Å²) >= 11 is 16.3. The number of halogens is 2. The van der Waals surface area contributed by atoms with Crippen LogP contribution in [0.5, 0.6) is 0 Å². The number of hydrogen-bond donors (Lipinski definition) is 2. The molecule has 1 atom stereocenters. The minimum atomic E-state index is -0.714. The molecule has 0 bridgehead atoms. The van der Waals surface area contributed by atoms with Crippen molar-refractivity contribution in [2.45, 2.75) is 25.3 Å². The zero-order chi connectivity index (χ0) is 18.6. The fourth-order valence-corrected chi connectivity index (χ4v) is 3.80. The number of likely N-dealkylation sites (tertiary alicyclic amines) is 1. The Labute approximate surface area is 163 Å². The first-order valence-corrected chi connectivity index (χ1v) is 9.39. The normalized spacial score (nSPS) is 17.9. The zero-order valence-corrected chi connectivity index (χ0v) is 16.4. The van der Waals surface area contributed by atoms with Crippen molar-refractivity contribution in [2.75, 3.05) is 26.0 Å². The number of piperidine rings is 1. The van der Waals surface area contributed by atoms with Gasteiger partial charge in [0, 0.05) is 28.9 Å². The Morgan fingerprint density at radius 3 is 2.52 bits per heavy atom. The van der Waals surface area contributed by atoms with Gasteiger partial charge in [-0.3, -0.25) is 9.59 Å². The molecular weight excluding hydrogens is 383 g/mol. The second-order valence-electron chi connectivity index (χ2n) is 6.30. The van der Waals surface area contributed by atoms with Crippen LogP contribution < -0.4 is 5.73 Å². The lowest BCUT2D eigenvalue weighted by Gasteiger charge is -2.40. The Morgan fingerprint density at radius 1 is 1.36 bits per heavy atom. The fourth-order valence-electron chi connectivity index (χ4n) is 3.17. The van der Waals surface area contributed by atoms with Crippen molar-refractivity contribution in [1.82, 2.24) is 4.90 Å². The van der Waals surface area contributed by atoms with Crippen LogP contribution in [-0.4, -0.2) is 48.8 Å². The standard InChI is InChI=1S/C17H22Cl2N2O3S/c1-24-16(23)17(9-11-2-3-12(18)8-13(11)19)4-6-21(7-5-17)15(22)14(20)10-25/h2-3,8,14,25H,4-7,9-10,20H2,1H3/t14-/m0/s1. The van der Waals surface area contributed by atoms with Crippen LogP contribution in [0.3, 0.4) is 0 Å². The minimum absolute atomic E-state index is 0.141. The van der Waals surface area contributed by atoms with Gasteiger partial charge in [-0.1, -0.05) is 29.3 Å². The number of methoxy groups -OCH3 is 1. The van der Waals surface area contributed by atoms with Crippen LogP contribution >= 0.6 is 35.8 Å². The number of benzene rings is 1. The van der Waals surface area contributed by atoms with Gasteiger partial charge in [0.05, 0.1) is 18.6 Å². The van der Waals surface area contributed by atoms with Crippen LogP contribution in [0.4, 0.5) is 0 Å². The van der Waals surface area contributed by atoms with E-state index in [-0.39, 0.29) is 17.6 Å². The Bertz CT molecular complexity index is 649. The van der Waals surface area contributed by atoms with Crippen molar-refractivity contribution >= 4 is 47.7 Å². The molecule has 138 valence electrons. The lowest BCUT2D eigenvalue weighted by atomic mass is 9.73. The van der Waals surface area contributed by atoms with E-state index < -0.39 is 11.5 Å². The molecule has 1 aliphatic heterocycles. The van der Waals surface area contributed by atoms with E-state index in [0.29, 0.717) is 42.4 Å². The van der Waals surface area contributed by atoms with Crippen molar-refractivity contribution in [2.24, 2.45) is 11.1 Å². The summed E-state index contributed by atoms with van der Waals surface area (Å²) in [4.78, 5) is 26.4. The van der Waals surface area contributed by atoms with Gasteiger partial charge in [0.2, 0.25) is 5.91 Å². The Morgan fingerprint density at radius 2 is 2.00 bits per heavy atom. The second kappa shape index (κ2) is 8.62. The van der Waals surface area contributed by atoms with E-state index in [9.17, 15) is 9.59 Å². The van der Waals surface area contributed by atoms with Crippen LogP contribution in [-0.2, 0) is 20.7 Å². The summed E-state index contributed by atoms with van der Waals surface area (Å²) in [7, 11) is 1.38. The van der Waals surface area contributed by atoms with E-state index in [2.05, 4.69) is 12.6 Å². The van der Waals surface area contributed by atoms with E-state index >= 15 is 0 Å². The lowest BCUT2D eigenvalue weighted by molar-refractivity contribution is -0.157. The molecule has 2 N–H and O–H groups in total. The number of thiol groups is 1. The van der Waals surface area contributed by atoms with Gasteiger partial charge in [-0.2, -0.15) is 12.6 Å². The average Bonchev–Trinajstić information content (AvgIpc) is 2.62. The average molecular weight is 405 g/mol. The molecular formula is C17H22Cl2N2O3S. The number of nitrogens with zero attached hydrogens (tertiary/aromatic N) is 1. The molecule has 0 aromatic heterocycles. The number of nitrogens with two attached hydrogens (primary N) is 1. The molecule has 5 nitrogen and oxygen atoms in total. The molecule has 8 heteroatoms. The number of amides is 1. The maximum atomic E-state index is 12.5. The molecule has 0 spiro atoms. The lowest BCUT2D eigenvalue weighted by Crippen LogP contribution is -2.52. The molecule has 1 aliphatic rings. The third-order valence-corrected chi connectivity index (χ3v) is 5.69. The molecule has 1 saturated heterocycles. The predicted octanol–water partition coefficient (Wildman–Crippen LogP) is 2.57. The molecule has 1 fully saturated rings. The first-order valence-electron chi connectivity index (χ1n) is 8.00. The molecule has 1 amide bonds. The summed E-state index contributed by atoms with van der Waals surface area (Å²) in [6.07, 6.45) is 1.42. The van der Waals surface area contributed by atoms with Gasteiger partial charge in [0.15, 0.2) is 0 Å². The van der Waals surface area contributed by atoms with Gasteiger partial charge in [0.1, 0.15) is 0 Å². The summed E-state index contributed by atoms with van der Waals surface area (Å²) in [5.74, 6) is -0.139. The highest BCUT2D eigenvalue weighted by molar-refractivity contribution is 7.80. The summed E-state index contributed by atoms with van der Waals surface area (Å²) in [5.41, 5.74) is 5.89. The molecule has 1 heterocycles. The van der Waals surface area contributed by atoms with Crippen molar-refractivity contribution in [1.29, 1.82) is 0 Å². The Kier molecular flexibility index (Phi) is 7.02. The van der Waals surface area contributed by atoms with E-state index in [1.165, 1.54) is 7.11 Å². The molecule has 25 heavy (non-hydrogen) atoms. The second-order valence-corrected chi connectivity index (χ2v) is 7.51. The van der Waals surface area contributed by atoms with Gasteiger partial charge < -0.3 is 15.4 Å². The molecule has 0 unspecified atom stereocenters. The third-order valence-electron chi connectivity index (χ3n) is 4.71. The molecule has 2 rings (SSSR count). The largest absolute Gasteiger partial charge is 0.469 e. The van der Waals surface area contributed by atoms with Crippen LogP contribution in [0.25, 0.3) is 0 Å². The highest BCUT2D eigenvalue weighted by Crippen LogP contribution is 2.38. The SMILES string of the molecule is COC(=O)C1(Cc2ccc(Cl)cc2Cl)CCN(C(=O)[C@@H](N)CS)CC1. The maximum absolute atomic E-state index is 12.5. The van der Waals surface area contributed by atoms with Gasteiger partial charge in [0.25, 0.3) is 0 Å². The summed E-state index contributed by atoms with van der Waals surface area (Å²) < 4.78 is 5.04. The Balaban J connectivity index is 2.18. The van der Waals surface area contributed by atoms with Crippen molar-refractivity contribution in [3.8, 4) is 0 Å². The van der Waals surface area contributed by atoms with Gasteiger partial charge in [-0.15, -0.1) is 0 Å². The first kappa shape index (κ1) is 20.4. The number of hydrogen-bond acceptors (Lipinski definition) is 5. The summed E-state index contributed by atoms with van der Waals surface area (Å²) in [6, 6.07) is 4.61. The smallest absolute Gasteiger partial charge is 0.312 e. The quantitative estimate of drug-likeness (QED) is 0.584. The maximum Gasteiger partial charge on any atom is 0.312 e. The summed E-state index contributed by atoms with van der Waals surface area (Å²) in [6.45, 7) is 0.890. The first-order chi connectivity index (χ1) is 11.8. The third kappa shape index (κ3) is 4.61. The van der Waals surface area contributed by atoms with Crippen molar-refractivity contribution in [3.63, 3.8) is 0 Å². The molecule has 1 aromatic carbocycles. The van der Waals surface area contributed by atoms with Crippen molar-refractivity contribution < 1.29 is 14.3 Å². The number of carbonyl (C=O) groups excluding carboxylic acids is 2. The predicted molar refractivity (Wildman–Crippen MR) is 102 cm³/mol. The summed E-state index contributed by atoms with van der Waals surface area (Å²) in [5, 5.41) is 1.06. The molecule has 1 aromatic rings.